The number of hydrogen-bond donors (Lipinski definition) is 1. The van der Waals surface area contributed by atoms with Crippen molar-refractivity contribution < 1.29 is 14.3 Å². The van der Waals surface area contributed by atoms with Crippen molar-refractivity contribution >= 4 is 0 Å². The highest BCUT2D eigenvalue weighted by molar-refractivity contribution is 4.97. The van der Waals surface area contributed by atoms with Gasteiger partial charge in [0.1, 0.15) is 6.26 Å². The Hall–Kier alpha value is -0.870. The largest absolute Gasteiger partial charge is 0.449 e. The van der Waals surface area contributed by atoms with E-state index < -0.39 is 0 Å². The van der Waals surface area contributed by atoms with E-state index in [0.717, 1.165) is 37.5 Å². The van der Waals surface area contributed by atoms with E-state index in [1.165, 1.54) is 6.42 Å². The van der Waals surface area contributed by atoms with Crippen LogP contribution in [0.3, 0.4) is 0 Å². The van der Waals surface area contributed by atoms with E-state index in [1.54, 1.807) is 6.26 Å². The molecule has 1 aliphatic heterocycles. The molecule has 0 radical (unpaired) electrons. The first-order valence-electron chi connectivity index (χ1n) is 5.54. The first kappa shape index (κ1) is 10.6. The second-order valence-electron chi connectivity index (χ2n) is 3.90. The maximum atomic E-state index is 8.74. The van der Waals surface area contributed by atoms with Gasteiger partial charge in [0.05, 0.1) is 18.2 Å². The van der Waals surface area contributed by atoms with Gasteiger partial charge in [0.25, 0.3) is 0 Å². The molecule has 2 heterocycles. The van der Waals surface area contributed by atoms with Crippen molar-refractivity contribution in [3.05, 3.63) is 17.8 Å². The van der Waals surface area contributed by atoms with Crippen LogP contribution in [-0.4, -0.2) is 29.4 Å². The highest BCUT2D eigenvalue weighted by Gasteiger charge is 2.17. The standard InChI is InChI=1S/C11H17NO3/c13-5-4-9-8-15-11(12-9)7-10-3-1-2-6-14-10/h8,10,13H,1-7H2. The summed E-state index contributed by atoms with van der Waals surface area (Å²) in [4.78, 5) is 4.29. The lowest BCUT2D eigenvalue weighted by Crippen LogP contribution is -2.21. The molecule has 1 aromatic rings. The molecule has 1 atom stereocenters. The van der Waals surface area contributed by atoms with Crippen molar-refractivity contribution in [2.24, 2.45) is 0 Å². The summed E-state index contributed by atoms with van der Waals surface area (Å²) in [6.07, 6.45) is 6.69. The highest BCUT2D eigenvalue weighted by Crippen LogP contribution is 2.17. The van der Waals surface area contributed by atoms with E-state index >= 15 is 0 Å². The quantitative estimate of drug-likeness (QED) is 0.816. The summed E-state index contributed by atoms with van der Waals surface area (Å²) < 4.78 is 10.9. The Morgan fingerprint density at radius 2 is 2.40 bits per heavy atom. The van der Waals surface area contributed by atoms with Gasteiger partial charge in [-0.05, 0) is 19.3 Å². The molecule has 1 N–H and O–H groups in total. The fraction of sp³-hybridized carbons (Fsp3) is 0.727. The normalized spacial score (nSPS) is 21.8. The van der Waals surface area contributed by atoms with Crippen LogP contribution in [-0.2, 0) is 17.6 Å². The Bertz CT molecular complexity index is 292. The average Bonchev–Trinajstić information content (AvgIpc) is 2.68. The van der Waals surface area contributed by atoms with Gasteiger partial charge in [-0.15, -0.1) is 0 Å². The molecule has 4 nitrogen and oxygen atoms in total. The van der Waals surface area contributed by atoms with Crippen molar-refractivity contribution in [2.75, 3.05) is 13.2 Å². The molecule has 4 heteroatoms. The van der Waals surface area contributed by atoms with Crippen molar-refractivity contribution in [1.82, 2.24) is 4.98 Å². The molecule has 1 saturated heterocycles. The summed E-state index contributed by atoms with van der Waals surface area (Å²) in [6.45, 7) is 0.973. The fourth-order valence-corrected chi connectivity index (χ4v) is 1.84. The molecule has 1 aromatic heterocycles. The third-order valence-corrected chi connectivity index (χ3v) is 2.64. The zero-order chi connectivity index (χ0) is 10.5. The molecule has 1 unspecified atom stereocenters. The van der Waals surface area contributed by atoms with Crippen LogP contribution in [0.15, 0.2) is 10.7 Å². The zero-order valence-electron chi connectivity index (χ0n) is 8.82. The van der Waals surface area contributed by atoms with Crippen LogP contribution in [0.1, 0.15) is 30.8 Å². The van der Waals surface area contributed by atoms with Gasteiger partial charge in [-0.2, -0.15) is 0 Å². The maximum Gasteiger partial charge on any atom is 0.196 e. The molecule has 15 heavy (non-hydrogen) atoms. The van der Waals surface area contributed by atoms with E-state index in [0.29, 0.717) is 6.42 Å². The lowest BCUT2D eigenvalue weighted by atomic mass is 10.1. The molecule has 84 valence electrons. The first-order valence-corrected chi connectivity index (χ1v) is 5.54. The van der Waals surface area contributed by atoms with Crippen molar-refractivity contribution in [3.8, 4) is 0 Å². The number of oxazole rings is 1. The Morgan fingerprint density at radius 3 is 3.13 bits per heavy atom. The summed E-state index contributed by atoms with van der Waals surface area (Å²) in [6, 6.07) is 0. The van der Waals surface area contributed by atoms with Crippen LogP contribution in [0.5, 0.6) is 0 Å². The number of aliphatic hydroxyl groups excluding tert-OH is 1. The maximum absolute atomic E-state index is 8.74. The van der Waals surface area contributed by atoms with Gasteiger partial charge < -0.3 is 14.3 Å². The molecular formula is C11H17NO3. The van der Waals surface area contributed by atoms with Crippen LogP contribution in [0.4, 0.5) is 0 Å². The Morgan fingerprint density at radius 1 is 1.47 bits per heavy atom. The van der Waals surface area contributed by atoms with E-state index in [4.69, 9.17) is 14.3 Å². The summed E-state index contributed by atoms with van der Waals surface area (Å²) in [7, 11) is 0. The van der Waals surface area contributed by atoms with Gasteiger partial charge in [-0.3, -0.25) is 0 Å². The number of hydrogen-bond acceptors (Lipinski definition) is 4. The zero-order valence-corrected chi connectivity index (χ0v) is 8.82. The Balaban J connectivity index is 1.86. The van der Waals surface area contributed by atoms with Gasteiger partial charge in [-0.1, -0.05) is 0 Å². The van der Waals surface area contributed by atoms with Gasteiger partial charge >= 0.3 is 0 Å². The molecule has 0 bridgehead atoms. The summed E-state index contributed by atoms with van der Waals surface area (Å²) in [5.74, 6) is 0.727. The summed E-state index contributed by atoms with van der Waals surface area (Å²) in [5, 5.41) is 8.74. The summed E-state index contributed by atoms with van der Waals surface area (Å²) in [5.41, 5.74) is 0.823. The first-order chi connectivity index (χ1) is 7.38. The molecular weight excluding hydrogens is 194 g/mol. The second kappa shape index (κ2) is 5.28. The Labute approximate surface area is 89.3 Å². The predicted molar refractivity (Wildman–Crippen MR) is 54.6 cm³/mol. The molecule has 1 fully saturated rings. The smallest absolute Gasteiger partial charge is 0.196 e. The van der Waals surface area contributed by atoms with Crippen LogP contribution < -0.4 is 0 Å². The Kier molecular flexibility index (Phi) is 3.75. The van der Waals surface area contributed by atoms with Crippen molar-refractivity contribution in [1.29, 1.82) is 0 Å². The van der Waals surface area contributed by atoms with Gasteiger partial charge in [0, 0.05) is 19.6 Å². The van der Waals surface area contributed by atoms with E-state index in [1.807, 2.05) is 0 Å². The van der Waals surface area contributed by atoms with Crippen molar-refractivity contribution in [3.63, 3.8) is 0 Å². The number of aromatic nitrogens is 1. The third-order valence-electron chi connectivity index (χ3n) is 2.64. The highest BCUT2D eigenvalue weighted by atomic mass is 16.5. The van der Waals surface area contributed by atoms with Crippen LogP contribution >= 0.6 is 0 Å². The van der Waals surface area contributed by atoms with Gasteiger partial charge in [0.15, 0.2) is 5.89 Å². The van der Waals surface area contributed by atoms with Crippen LogP contribution in [0, 0.1) is 0 Å². The SMILES string of the molecule is OCCc1coc(CC2CCCCO2)n1. The average molecular weight is 211 g/mol. The van der Waals surface area contributed by atoms with Gasteiger partial charge in [-0.25, -0.2) is 4.98 Å². The topological polar surface area (TPSA) is 55.5 Å². The molecule has 0 amide bonds. The van der Waals surface area contributed by atoms with Crippen LogP contribution in [0.2, 0.25) is 0 Å². The van der Waals surface area contributed by atoms with E-state index in [2.05, 4.69) is 4.98 Å². The summed E-state index contributed by atoms with van der Waals surface area (Å²) >= 11 is 0. The van der Waals surface area contributed by atoms with Crippen LogP contribution in [0.25, 0.3) is 0 Å². The second-order valence-corrected chi connectivity index (χ2v) is 3.90. The minimum absolute atomic E-state index is 0.117. The molecule has 2 rings (SSSR count). The molecule has 0 spiro atoms. The number of nitrogens with zero attached hydrogens (tertiary/aromatic N) is 1. The molecule has 0 aromatic carbocycles. The predicted octanol–water partition coefficient (Wildman–Crippen LogP) is 1.32. The van der Waals surface area contributed by atoms with E-state index in [-0.39, 0.29) is 12.7 Å². The number of aliphatic hydroxyl groups is 1. The molecule has 0 saturated carbocycles. The molecule has 1 aliphatic rings. The van der Waals surface area contributed by atoms with Crippen molar-refractivity contribution in [2.45, 2.75) is 38.2 Å². The molecule has 0 aliphatic carbocycles. The minimum atomic E-state index is 0.117. The number of rotatable bonds is 4. The minimum Gasteiger partial charge on any atom is -0.449 e. The lowest BCUT2D eigenvalue weighted by molar-refractivity contribution is 0.0132. The number of ether oxygens (including phenoxy) is 1. The monoisotopic (exact) mass is 211 g/mol. The van der Waals surface area contributed by atoms with Gasteiger partial charge in [0.2, 0.25) is 0 Å². The third kappa shape index (κ3) is 3.04. The fourth-order valence-electron chi connectivity index (χ4n) is 1.84. The van der Waals surface area contributed by atoms with E-state index in [9.17, 15) is 0 Å². The lowest BCUT2D eigenvalue weighted by Gasteiger charge is -2.20.